The summed E-state index contributed by atoms with van der Waals surface area (Å²) < 4.78 is 0. The van der Waals surface area contributed by atoms with Crippen LogP contribution in [0.5, 0.6) is 0 Å². The van der Waals surface area contributed by atoms with Crippen molar-refractivity contribution in [1.82, 2.24) is 15.0 Å². The number of nitrogens with zero attached hydrogens (tertiary/aromatic N) is 3. The van der Waals surface area contributed by atoms with Gasteiger partial charge >= 0.3 is 0 Å². The maximum atomic E-state index is 12.4. The van der Waals surface area contributed by atoms with Gasteiger partial charge in [-0.3, -0.25) is 4.79 Å². The van der Waals surface area contributed by atoms with E-state index in [1.54, 1.807) is 4.80 Å². The lowest BCUT2D eigenvalue weighted by molar-refractivity contribution is 0.102. The summed E-state index contributed by atoms with van der Waals surface area (Å²) in [5.41, 5.74) is 4.70. The normalized spacial score (nSPS) is 10.8. The van der Waals surface area contributed by atoms with Crippen molar-refractivity contribution in [1.29, 1.82) is 0 Å². The van der Waals surface area contributed by atoms with Crippen molar-refractivity contribution in [3.8, 4) is 5.69 Å². The Morgan fingerprint density at radius 1 is 0.880 bits per heavy atom. The lowest BCUT2D eigenvalue weighted by Crippen LogP contribution is -2.13. The third kappa shape index (κ3) is 2.99. The number of rotatable bonds is 3. The minimum atomic E-state index is -0.132. The van der Waals surface area contributed by atoms with Crippen LogP contribution in [0.25, 0.3) is 16.7 Å². The topological polar surface area (TPSA) is 59.8 Å². The Morgan fingerprint density at radius 3 is 2.40 bits per heavy atom. The van der Waals surface area contributed by atoms with Gasteiger partial charge in [-0.1, -0.05) is 36.4 Å². The van der Waals surface area contributed by atoms with E-state index < -0.39 is 0 Å². The molecule has 1 N–H and O–H groups in total. The smallest absolute Gasteiger partial charge is 0.255 e. The number of nitrogens with one attached hydrogen (secondary N) is 1. The molecule has 0 unspecified atom stereocenters. The second kappa shape index (κ2) is 6.20. The molecule has 5 nitrogen and oxygen atoms in total. The molecule has 25 heavy (non-hydrogen) atoms. The zero-order valence-electron chi connectivity index (χ0n) is 13.7. The molecule has 0 bridgehead atoms. The molecule has 0 aliphatic rings. The van der Waals surface area contributed by atoms with Crippen LogP contribution in [0.4, 0.5) is 5.69 Å². The zero-order valence-corrected chi connectivity index (χ0v) is 13.7. The van der Waals surface area contributed by atoms with Gasteiger partial charge in [-0.25, -0.2) is 0 Å². The molecule has 1 heterocycles. The molecule has 0 saturated carbocycles. The van der Waals surface area contributed by atoms with Gasteiger partial charge in [-0.2, -0.15) is 4.80 Å². The van der Waals surface area contributed by atoms with Gasteiger partial charge in [0.15, 0.2) is 0 Å². The summed E-state index contributed by atoms with van der Waals surface area (Å²) in [5, 5.41) is 11.9. The number of amides is 1. The minimum Gasteiger partial charge on any atom is -0.322 e. The van der Waals surface area contributed by atoms with Crippen LogP contribution in [0.15, 0.2) is 72.8 Å². The SMILES string of the molecule is Cc1ccccc1C(=O)Nc1ccc2nn(-c3ccccc3)nc2c1. The van der Waals surface area contributed by atoms with E-state index in [1.807, 2.05) is 79.7 Å². The molecule has 4 aromatic rings. The van der Waals surface area contributed by atoms with E-state index in [-0.39, 0.29) is 5.91 Å². The second-order valence-corrected chi connectivity index (χ2v) is 5.80. The molecule has 0 aliphatic heterocycles. The molecule has 0 spiro atoms. The van der Waals surface area contributed by atoms with Crippen molar-refractivity contribution in [3.63, 3.8) is 0 Å². The number of hydrogen-bond donors (Lipinski definition) is 1. The van der Waals surface area contributed by atoms with E-state index in [0.29, 0.717) is 11.3 Å². The van der Waals surface area contributed by atoms with Crippen molar-refractivity contribution in [3.05, 3.63) is 83.9 Å². The van der Waals surface area contributed by atoms with Crippen LogP contribution in [0.1, 0.15) is 15.9 Å². The molecule has 3 aromatic carbocycles. The monoisotopic (exact) mass is 328 g/mol. The Balaban J connectivity index is 1.63. The van der Waals surface area contributed by atoms with Crippen LogP contribution in [-0.4, -0.2) is 20.9 Å². The molecular formula is C20H16N4O. The largest absolute Gasteiger partial charge is 0.322 e. The summed E-state index contributed by atoms with van der Waals surface area (Å²) in [5.74, 6) is -0.132. The van der Waals surface area contributed by atoms with E-state index in [1.165, 1.54) is 0 Å². The van der Waals surface area contributed by atoms with Crippen molar-refractivity contribution in [2.75, 3.05) is 5.32 Å². The van der Waals surface area contributed by atoms with Crippen LogP contribution in [0, 0.1) is 6.92 Å². The highest BCUT2D eigenvalue weighted by Crippen LogP contribution is 2.19. The number of hydrogen-bond acceptors (Lipinski definition) is 3. The molecule has 4 rings (SSSR count). The average molecular weight is 328 g/mol. The Hall–Kier alpha value is -3.47. The molecule has 0 atom stereocenters. The Kier molecular flexibility index (Phi) is 3.74. The van der Waals surface area contributed by atoms with E-state index in [4.69, 9.17) is 0 Å². The highest BCUT2D eigenvalue weighted by molar-refractivity contribution is 6.05. The summed E-state index contributed by atoms with van der Waals surface area (Å²) in [6.07, 6.45) is 0. The van der Waals surface area contributed by atoms with Crippen LogP contribution in [0.2, 0.25) is 0 Å². The molecule has 1 amide bonds. The lowest BCUT2D eigenvalue weighted by Gasteiger charge is -2.07. The summed E-state index contributed by atoms with van der Waals surface area (Å²) in [4.78, 5) is 14.0. The van der Waals surface area contributed by atoms with Crippen molar-refractivity contribution >= 4 is 22.6 Å². The van der Waals surface area contributed by atoms with Crippen LogP contribution in [-0.2, 0) is 0 Å². The molecule has 1 aromatic heterocycles. The third-order valence-corrected chi connectivity index (χ3v) is 4.02. The molecule has 0 aliphatic carbocycles. The Labute approximate surface area is 144 Å². The van der Waals surface area contributed by atoms with Gasteiger partial charge in [-0.05, 0) is 48.9 Å². The quantitative estimate of drug-likeness (QED) is 0.619. The Bertz CT molecular complexity index is 1050. The number of aryl methyl sites for hydroxylation is 1. The van der Waals surface area contributed by atoms with E-state index >= 15 is 0 Å². The van der Waals surface area contributed by atoms with Crippen LogP contribution >= 0.6 is 0 Å². The number of fused-ring (bicyclic) bond motifs is 1. The maximum Gasteiger partial charge on any atom is 0.255 e. The first-order valence-corrected chi connectivity index (χ1v) is 8.00. The molecule has 0 radical (unpaired) electrons. The third-order valence-electron chi connectivity index (χ3n) is 4.02. The van der Waals surface area contributed by atoms with E-state index in [0.717, 1.165) is 22.3 Å². The summed E-state index contributed by atoms with van der Waals surface area (Å²) in [6, 6.07) is 22.8. The van der Waals surface area contributed by atoms with Gasteiger partial charge in [-0.15, -0.1) is 10.2 Å². The van der Waals surface area contributed by atoms with Gasteiger partial charge < -0.3 is 5.32 Å². The number of carbonyl (C=O) groups excluding carboxylic acids is 1. The van der Waals surface area contributed by atoms with E-state index in [2.05, 4.69) is 15.5 Å². The fourth-order valence-corrected chi connectivity index (χ4v) is 2.70. The molecule has 122 valence electrons. The van der Waals surface area contributed by atoms with Gasteiger partial charge in [0, 0.05) is 11.3 Å². The highest BCUT2D eigenvalue weighted by atomic mass is 16.1. The number of carbonyl (C=O) groups is 1. The van der Waals surface area contributed by atoms with Crippen molar-refractivity contribution in [2.24, 2.45) is 0 Å². The van der Waals surface area contributed by atoms with Gasteiger partial charge in [0.05, 0.1) is 5.69 Å². The zero-order chi connectivity index (χ0) is 17.2. The fourth-order valence-electron chi connectivity index (χ4n) is 2.70. The first kappa shape index (κ1) is 15.1. The van der Waals surface area contributed by atoms with Gasteiger partial charge in [0.25, 0.3) is 5.91 Å². The Morgan fingerprint density at radius 2 is 1.60 bits per heavy atom. The molecule has 0 saturated heterocycles. The molecule has 0 fully saturated rings. The minimum absolute atomic E-state index is 0.132. The first-order chi connectivity index (χ1) is 12.2. The molecular weight excluding hydrogens is 312 g/mol. The number of benzene rings is 3. The van der Waals surface area contributed by atoms with Gasteiger partial charge in [0.2, 0.25) is 0 Å². The van der Waals surface area contributed by atoms with Gasteiger partial charge in [0.1, 0.15) is 11.0 Å². The standard InChI is InChI=1S/C20H16N4O/c1-14-7-5-6-10-17(14)20(25)21-15-11-12-18-19(13-15)23-24(22-18)16-8-3-2-4-9-16/h2-13H,1H3,(H,21,25). The number of anilines is 1. The number of aromatic nitrogens is 3. The van der Waals surface area contributed by atoms with E-state index in [9.17, 15) is 4.79 Å². The van der Waals surface area contributed by atoms with Crippen LogP contribution in [0.3, 0.4) is 0 Å². The van der Waals surface area contributed by atoms with Crippen LogP contribution < -0.4 is 5.32 Å². The average Bonchev–Trinajstić information content (AvgIpc) is 3.06. The summed E-state index contributed by atoms with van der Waals surface area (Å²) >= 11 is 0. The summed E-state index contributed by atoms with van der Waals surface area (Å²) in [6.45, 7) is 1.92. The maximum absolute atomic E-state index is 12.4. The summed E-state index contributed by atoms with van der Waals surface area (Å²) in [7, 11) is 0. The first-order valence-electron chi connectivity index (χ1n) is 8.00. The predicted octanol–water partition coefficient (Wildman–Crippen LogP) is 3.98. The fraction of sp³-hybridized carbons (Fsp3) is 0.0500. The molecule has 5 heteroatoms. The highest BCUT2D eigenvalue weighted by Gasteiger charge is 2.10. The second-order valence-electron chi connectivity index (χ2n) is 5.80. The van der Waals surface area contributed by atoms with Crippen molar-refractivity contribution < 1.29 is 4.79 Å². The lowest BCUT2D eigenvalue weighted by atomic mass is 10.1. The predicted molar refractivity (Wildman–Crippen MR) is 98.0 cm³/mol. The van der Waals surface area contributed by atoms with Crippen molar-refractivity contribution in [2.45, 2.75) is 6.92 Å². The number of para-hydroxylation sites is 1.